The van der Waals surface area contributed by atoms with E-state index in [0.29, 0.717) is 23.6 Å². The molecule has 1 heterocycles. The predicted octanol–water partition coefficient (Wildman–Crippen LogP) is 3.90. The first-order chi connectivity index (χ1) is 10.6. The van der Waals surface area contributed by atoms with Crippen molar-refractivity contribution in [3.8, 4) is 0 Å². The Labute approximate surface area is 133 Å². The molecule has 5 heteroatoms. The molecule has 0 saturated carbocycles. The van der Waals surface area contributed by atoms with Gasteiger partial charge in [-0.25, -0.2) is 9.37 Å². The van der Waals surface area contributed by atoms with Gasteiger partial charge in [-0.05, 0) is 23.8 Å². The summed E-state index contributed by atoms with van der Waals surface area (Å²) in [6, 6.07) is 12.3. The lowest BCUT2D eigenvalue weighted by Crippen LogP contribution is -2.08. The van der Waals surface area contributed by atoms with Crippen molar-refractivity contribution in [3.05, 3.63) is 82.6 Å². The molecule has 0 fully saturated rings. The molecule has 2 N–H and O–H groups in total. The summed E-state index contributed by atoms with van der Waals surface area (Å²) in [7, 11) is 0. The molecular weight excluding hydrogens is 301 g/mol. The molecule has 0 aliphatic heterocycles. The summed E-state index contributed by atoms with van der Waals surface area (Å²) < 4.78 is 15.9. The summed E-state index contributed by atoms with van der Waals surface area (Å²) in [6.07, 6.45) is 3.89. The Kier molecular flexibility index (Phi) is 4.11. The van der Waals surface area contributed by atoms with Crippen molar-refractivity contribution >= 4 is 17.3 Å². The highest BCUT2D eigenvalue weighted by molar-refractivity contribution is 6.31. The number of rotatable bonds is 4. The first kappa shape index (κ1) is 14.6. The van der Waals surface area contributed by atoms with Crippen molar-refractivity contribution < 1.29 is 4.39 Å². The maximum Gasteiger partial charge on any atom is 0.128 e. The second-order valence-electron chi connectivity index (χ2n) is 5.05. The molecule has 0 aliphatic carbocycles. The van der Waals surface area contributed by atoms with E-state index < -0.39 is 0 Å². The van der Waals surface area contributed by atoms with Gasteiger partial charge in [0.2, 0.25) is 0 Å². The summed E-state index contributed by atoms with van der Waals surface area (Å²) in [5.41, 5.74) is 8.16. The van der Waals surface area contributed by atoms with E-state index in [1.165, 1.54) is 6.07 Å². The number of nitrogens with two attached hydrogens (primary N) is 1. The average Bonchev–Trinajstić information content (AvgIpc) is 2.93. The maximum atomic E-state index is 13.9. The van der Waals surface area contributed by atoms with Crippen LogP contribution < -0.4 is 5.73 Å². The average molecular weight is 316 g/mol. The van der Waals surface area contributed by atoms with Crippen molar-refractivity contribution in [3.63, 3.8) is 0 Å². The summed E-state index contributed by atoms with van der Waals surface area (Å²) in [6.45, 7) is 0.591. The lowest BCUT2D eigenvalue weighted by Gasteiger charge is -2.11. The Balaban J connectivity index is 1.88. The molecule has 0 unspecified atom stereocenters. The Hall–Kier alpha value is -2.33. The van der Waals surface area contributed by atoms with Gasteiger partial charge in [-0.1, -0.05) is 35.9 Å². The zero-order valence-electron chi connectivity index (χ0n) is 11.8. The van der Waals surface area contributed by atoms with Gasteiger partial charge >= 0.3 is 0 Å². The smallest absolute Gasteiger partial charge is 0.128 e. The molecule has 0 saturated heterocycles. The zero-order chi connectivity index (χ0) is 15.5. The van der Waals surface area contributed by atoms with E-state index in [4.69, 9.17) is 17.3 Å². The number of halogens is 2. The highest BCUT2D eigenvalue weighted by atomic mass is 35.5. The number of benzene rings is 2. The number of aromatic nitrogens is 2. The Morgan fingerprint density at radius 1 is 1.14 bits per heavy atom. The number of para-hydroxylation sites is 1. The largest absolute Gasteiger partial charge is 0.398 e. The molecule has 0 aliphatic rings. The molecule has 3 rings (SSSR count). The van der Waals surface area contributed by atoms with E-state index in [-0.39, 0.29) is 5.82 Å². The SMILES string of the molecule is Nc1ccccc1Cn1ccnc1Cc1c(F)cccc1Cl. The molecule has 3 aromatic rings. The molecule has 22 heavy (non-hydrogen) atoms. The standard InChI is InChI=1S/C17H15ClFN3/c18-14-5-3-6-15(19)13(14)10-17-21-8-9-22(17)11-12-4-1-2-7-16(12)20/h1-9H,10-11,20H2. The molecule has 0 amide bonds. The monoisotopic (exact) mass is 315 g/mol. The molecule has 0 bridgehead atoms. The molecule has 0 spiro atoms. The lowest BCUT2D eigenvalue weighted by atomic mass is 10.1. The minimum atomic E-state index is -0.318. The second-order valence-corrected chi connectivity index (χ2v) is 5.45. The van der Waals surface area contributed by atoms with Gasteiger partial charge in [-0.15, -0.1) is 0 Å². The van der Waals surface area contributed by atoms with Crippen LogP contribution in [0.2, 0.25) is 5.02 Å². The highest BCUT2D eigenvalue weighted by Gasteiger charge is 2.12. The van der Waals surface area contributed by atoms with Crippen LogP contribution >= 0.6 is 11.6 Å². The van der Waals surface area contributed by atoms with Crippen molar-refractivity contribution in [2.24, 2.45) is 0 Å². The van der Waals surface area contributed by atoms with Crippen molar-refractivity contribution in [1.82, 2.24) is 9.55 Å². The summed E-state index contributed by atoms with van der Waals surface area (Å²) in [4.78, 5) is 4.32. The molecular formula is C17H15ClFN3. The molecule has 112 valence electrons. The molecule has 1 aromatic heterocycles. The van der Waals surface area contributed by atoms with Gasteiger partial charge < -0.3 is 10.3 Å². The minimum absolute atomic E-state index is 0.318. The Morgan fingerprint density at radius 3 is 2.73 bits per heavy atom. The number of nitrogens with zero attached hydrogens (tertiary/aromatic N) is 2. The first-order valence-electron chi connectivity index (χ1n) is 6.91. The summed E-state index contributed by atoms with van der Waals surface area (Å²) in [5, 5.41) is 0.411. The van der Waals surface area contributed by atoms with E-state index >= 15 is 0 Å². The van der Waals surface area contributed by atoms with Crippen LogP contribution in [0.25, 0.3) is 0 Å². The van der Waals surface area contributed by atoms with Gasteiger partial charge in [-0.3, -0.25) is 0 Å². The highest BCUT2D eigenvalue weighted by Crippen LogP contribution is 2.22. The van der Waals surface area contributed by atoms with Crippen LogP contribution in [0.1, 0.15) is 17.0 Å². The molecule has 2 aromatic carbocycles. The predicted molar refractivity (Wildman–Crippen MR) is 86.4 cm³/mol. The van der Waals surface area contributed by atoms with E-state index in [9.17, 15) is 4.39 Å². The van der Waals surface area contributed by atoms with E-state index in [0.717, 1.165) is 17.1 Å². The van der Waals surface area contributed by atoms with Crippen molar-refractivity contribution in [2.75, 3.05) is 5.73 Å². The number of hydrogen-bond acceptors (Lipinski definition) is 2. The fourth-order valence-corrected chi connectivity index (χ4v) is 2.60. The number of nitrogen functional groups attached to an aromatic ring is 1. The van der Waals surface area contributed by atoms with Crippen LogP contribution in [0.4, 0.5) is 10.1 Å². The number of anilines is 1. The van der Waals surface area contributed by atoms with E-state index in [1.807, 2.05) is 35.0 Å². The van der Waals surface area contributed by atoms with Gasteiger partial charge in [0.05, 0.1) is 6.54 Å². The molecule has 0 radical (unpaired) electrons. The Bertz CT molecular complexity index is 778. The molecule has 0 atom stereocenters. The minimum Gasteiger partial charge on any atom is -0.398 e. The van der Waals surface area contributed by atoms with Gasteiger partial charge in [-0.2, -0.15) is 0 Å². The topological polar surface area (TPSA) is 43.8 Å². The van der Waals surface area contributed by atoms with Crippen LogP contribution in [0, 0.1) is 5.82 Å². The zero-order valence-corrected chi connectivity index (χ0v) is 12.6. The van der Waals surface area contributed by atoms with Crippen molar-refractivity contribution in [1.29, 1.82) is 0 Å². The summed E-state index contributed by atoms with van der Waals surface area (Å²) >= 11 is 6.09. The van der Waals surface area contributed by atoms with E-state index in [2.05, 4.69) is 4.98 Å². The van der Waals surface area contributed by atoms with Crippen LogP contribution in [0.15, 0.2) is 54.9 Å². The maximum absolute atomic E-state index is 13.9. The normalized spacial score (nSPS) is 10.8. The van der Waals surface area contributed by atoms with Crippen molar-refractivity contribution in [2.45, 2.75) is 13.0 Å². The fraction of sp³-hybridized carbons (Fsp3) is 0.118. The first-order valence-corrected chi connectivity index (χ1v) is 7.29. The second kappa shape index (κ2) is 6.20. The number of imidazole rings is 1. The van der Waals surface area contributed by atoms with Gasteiger partial charge in [0, 0.05) is 35.1 Å². The van der Waals surface area contributed by atoms with Crippen LogP contribution in [0.3, 0.4) is 0 Å². The Morgan fingerprint density at radius 2 is 1.95 bits per heavy atom. The van der Waals surface area contributed by atoms with Crippen LogP contribution in [-0.2, 0) is 13.0 Å². The third kappa shape index (κ3) is 2.97. The molecule has 3 nitrogen and oxygen atoms in total. The van der Waals surface area contributed by atoms with Gasteiger partial charge in [0.25, 0.3) is 0 Å². The number of hydrogen-bond donors (Lipinski definition) is 1. The van der Waals surface area contributed by atoms with E-state index in [1.54, 1.807) is 18.3 Å². The lowest BCUT2D eigenvalue weighted by molar-refractivity contribution is 0.609. The van der Waals surface area contributed by atoms with Crippen LogP contribution in [0.5, 0.6) is 0 Å². The quantitative estimate of drug-likeness (QED) is 0.742. The fourth-order valence-electron chi connectivity index (χ4n) is 2.37. The van der Waals surface area contributed by atoms with Gasteiger partial charge in [0.15, 0.2) is 0 Å². The summed E-state index contributed by atoms with van der Waals surface area (Å²) in [5.74, 6) is 0.427. The van der Waals surface area contributed by atoms with Gasteiger partial charge in [0.1, 0.15) is 11.6 Å². The third-order valence-electron chi connectivity index (χ3n) is 3.59. The third-order valence-corrected chi connectivity index (χ3v) is 3.95. The van der Waals surface area contributed by atoms with Crippen LogP contribution in [-0.4, -0.2) is 9.55 Å².